The number of carbonyl (C=O) groups excluding carboxylic acids is 3. The first-order valence-electron chi connectivity index (χ1n) is 9.73. The van der Waals surface area contributed by atoms with E-state index in [2.05, 4.69) is 10.0 Å². The molecule has 0 saturated heterocycles. The van der Waals surface area contributed by atoms with Gasteiger partial charge in [-0.15, -0.1) is 0 Å². The minimum absolute atomic E-state index is 0.0201. The van der Waals surface area contributed by atoms with Crippen LogP contribution >= 0.6 is 11.8 Å². The predicted octanol–water partition coefficient (Wildman–Crippen LogP) is 1.97. The molecule has 0 unspecified atom stereocenters. The number of nitrogens with one attached hydrogen (secondary N) is 3. The molecule has 0 bridgehead atoms. The Kier molecular flexibility index (Phi) is 9.82. The zero-order valence-corrected chi connectivity index (χ0v) is 19.5. The fourth-order valence-electron chi connectivity index (χ4n) is 2.71. The van der Waals surface area contributed by atoms with Crippen molar-refractivity contribution >= 4 is 39.7 Å². The van der Waals surface area contributed by atoms with Gasteiger partial charge in [-0.2, -0.15) is 16.5 Å². The molecule has 33 heavy (non-hydrogen) atoms. The summed E-state index contributed by atoms with van der Waals surface area (Å²) in [6.07, 6.45) is 0.259. The highest BCUT2D eigenvalue weighted by Gasteiger charge is 2.33. The molecule has 9 nitrogen and oxygen atoms in total. The lowest BCUT2D eigenvalue weighted by Gasteiger charge is -2.22. The van der Waals surface area contributed by atoms with E-state index >= 15 is 0 Å². The number of hydrogen-bond acceptors (Lipinski definition) is 7. The predicted molar refractivity (Wildman–Crippen MR) is 121 cm³/mol. The molecular weight excluding hydrogens is 473 g/mol. The summed E-state index contributed by atoms with van der Waals surface area (Å²) in [7, 11) is -3.10. The third-order valence-corrected chi connectivity index (χ3v) is 6.51. The first kappa shape index (κ1) is 26.3. The van der Waals surface area contributed by atoms with Crippen molar-refractivity contribution in [3.63, 3.8) is 0 Å². The van der Waals surface area contributed by atoms with Gasteiger partial charge in [-0.05, 0) is 30.6 Å². The van der Waals surface area contributed by atoms with Gasteiger partial charge in [0.25, 0.3) is 5.91 Å². The van der Waals surface area contributed by atoms with Gasteiger partial charge in [-0.1, -0.05) is 42.5 Å². The van der Waals surface area contributed by atoms with Gasteiger partial charge in [0, 0.05) is 12.6 Å². The molecule has 0 aliphatic carbocycles. The van der Waals surface area contributed by atoms with Crippen molar-refractivity contribution in [1.29, 1.82) is 0 Å². The van der Waals surface area contributed by atoms with Crippen molar-refractivity contribution in [3.8, 4) is 0 Å². The van der Waals surface area contributed by atoms with E-state index in [0.29, 0.717) is 5.75 Å². The smallest absolute Gasteiger partial charge is 0.325 e. The molecule has 2 rings (SSSR count). The van der Waals surface area contributed by atoms with E-state index in [0.717, 1.165) is 12.1 Å². The van der Waals surface area contributed by atoms with E-state index in [1.165, 1.54) is 43.1 Å². The lowest BCUT2D eigenvalue weighted by Crippen LogP contribution is -2.45. The fraction of sp³-hybridized carbons (Fsp3) is 0.286. The molecule has 0 aliphatic rings. The van der Waals surface area contributed by atoms with Crippen LogP contribution in [0.4, 0.5) is 9.18 Å². The summed E-state index contributed by atoms with van der Waals surface area (Å²) in [5, 5.41) is 4.26. The lowest BCUT2D eigenvalue weighted by atomic mass is 10.1. The molecule has 178 valence electrons. The average molecular weight is 498 g/mol. The van der Waals surface area contributed by atoms with Gasteiger partial charge in [-0.25, -0.2) is 17.6 Å². The summed E-state index contributed by atoms with van der Waals surface area (Å²) in [6, 6.07) is 10.5. The van der Waals surface area contributed by atoms with Crippen LogP contribution in [0.15, 0.2) is 59.5 Å². The van der Waals surface area contributed by atoms with Crippen molar-refractivity contribution in [2.75, 3.05) is 19.1 Å². The normalized spacial score (nSPS) is 12.9. The van der Waals surface area contributed by atoms with Gasteiger partial charge < -0.3 is 10.1 Å². The highest BCUT2D eigenvalue weighted by molar-refractivity contribution is 7.98. The summed E-state index contributed by atoms with van der Waals surface area (Å²) < 4.78 is 47.0. The van der Waals surface area contributed by atoms with Crippen molar-refractivity contribution in [3.05, 3.63) is 66.0 Å². The lowest BCUT2D eigenvalue weighted by molar-refractivity contribution is -0.157. The minimum Gasteiger partial charge on any atom is -0.446 e. The van der Waals surface area contributed by atoms with Crippen LogP contribution in [0.3, 0.4) is 0 Å². The van der Waals surface area contributed by atoms with Gasteiger partial charge in [-0.3, -0.25) is 14.9 Å². The molecule has 12 heteroatoms. The summed E-state index contributed by atoms with van der Waals surface area (Å²) >= 11 is 1.36. The van der Waals surface area contributed by atoms with Gasteiger partial charge in [0.15, 0.2) is 0 Å². The molecule has 3 amide bonds. The van der Waals surface area contributed by atoms with E-state index in [1.54, 1.807) is 24.5 Å². The first-order valence-corrected chi connectivity index (χ1v) is 12.6. The minimum atomic E-state index is -4.41. The molecule has 0 aliphatic heterocycles. The summed E-state index contributed by atoms with van der Waals surface area (Å²) in [4.78, 5) is 36.5. The fourth-order valence-corrected chi connectivity index (χ4v) is 4.48. The number of halogens is 1. The number of benzene rings is 2. The maximum atomic E-state index is 14.1. The molecule has 0 heterocycles. The van der Waals surface area contributed by atoms with Crippen LogP contribution in [-0.4, -0.2) is 51.4 Å². The van der Waals surface area contributed by atoms with E-state index < -0.39 is 50.8 Å². The Balaban J connectivity index is 2.31. The number of esters is 1. The van der Waals surface area contributed by atoms with Gasteiger partial charge >= 0.3 is 12.0 Å². The first-order chi connectivity index (χ1) is 15.7. The number of urea groups is 1. The molecule has 2 aromatic carbocycles. The highest BCUT2D eigenvalue weighted by Crippen LogP contribution is 2.21. The van der Waals surface area contributed by atoms with Crippen LogP contribution in [-0.2, 0) is 24.3 Å². The van der Waals surface area contributed by atoms with Crippen molar-refractivity contribution in [1.82, 2.24) is 15.4 Å². The van der Waals surface area contributed by atoms with E-state index in [-0.39, 0.29) is 12.0 Å². The molecule has 0 aromatic heterocycles. The zero-order chi connectivity index (χ0) is 24.4. The highest BCUT2D eigenvalue weighted by atomic mass is 32.2. The maximum Gasteiger partial charge on any atom is 0.325 e. The van der Waals surface area contributed by atoms with Crippen molar-refractivity contribution in [2.45, 2.75) is 23.5 Å². The van der Waals surface area contributed by atoms with Crippen LogP contribution in [0.1, 0.15) is 18.1 Å². The van der Waals surface area contributed by atoms with Crippen molar-refractivity contribution < 1.29 is 31.9 Å². The quantitative estimate of drug-likeness (QED) is 0.428. The monoisotopic (exact) mass is 497 g/mol. The Morgan fingerprint density at radius 3 is 2.30 bits per heavy atom. The molecule has 0 saturated carbocycles. The number of thioether (sulfide) groups is 1. The Bertz CT molecular complexity index is 1080. The van der Waals surface area contributed by atoms with E-state index in [4.69, 9.17) is 4.74 Å². The van der Waals surface area contributed by atoms with E-state index in [9.17, 15) is 27.2 Å². The third-order valence-electron chi connectivity index (χ3n) is 4.36. The van der Waals surface area contributed by atoms with Crippen LogP contribution < -0.4 is 15.4 Å². The molecule has 0 fully saturated rings. The number of imide groups is 1. The zero-order valence-electron chi connectivity index (χ0n) is 17.9. The number of ether oxygens (including phenoxy) is 1. The van der Waals surface area contributed by atoms with Crippen LogP contribution in [0.25, 0.3) is 0 Å². The Hall–Kier alpha value is -2.96. The number of hydrogen-bond donors (Lipinski definition) is 3. The maximum absolute atomic E-state index is 14.1. The second kappa shape index (κ2) is 12.3. The topological polar surface area (TPSA) is 131 Å². The average Bonchev–Trinajstić information content (AvgIpc) is 2.80. The molecule has 3 N–H and O–H groups in total. The molecule has 0 radical (unpaired) electrons. The summed E-state index contributed by atoms with van der Waals surface area (Å²) in [6.45, 7) is 0. The van der Waals surface area contributed by atoms with E-state index in [1.807, 2.05) is 5.32 Å². The second-order valence-electron chi connectivity index (χ2n) is 6.68. The molecule has 0 spiro atoms. The third kappa shape index (κ3) is 7.55. The number of amides is 3. The molecular formula is C21H24FN3O6S2. The van der Waals surface area contributed by atoms with Crippen LogP contribution in [0.2, 0.25) is 0 Å². The standard InChI is InChI=1S/C21H24FN3O6S2/c1-23-21(28)24-19(26)18(14-8-4-3-5-9-14)31-20(27)16(12-13-32-2)25-33(29,30)17-11-7-6-10-15(17)22/h3-11,16,18,25H,12-13H2,1-2H3,(H2,23,24,26,28)/t16-,18-/m0/s1. The number of rotatable bonds is 10. The van der Waals surface area contributed by atoms with Crippen LogP contribution in [0, 0.1) is 5.82 Å². The Labute approximate surface area is 195 Å². The summed E-state index contributed by atoms with van der Waals surface area (Å²) in [5.74, 6) is -2.58. The largest absolute Gasteiger partial charge is 0.446 e. The Morgan fingerprint density at radius 2 is 1.70 bits per heavy atom. The van der Waals surface area contributed by atoms with Gasteiger partial charge in [0.2, 0.25) is 16.1 Å². The SMILES string of the molecule is CNC(=O)NC(=O)[C@@H](OC(=O)[C@H](CCSC)NS(=O)(=O)c1ccccc1F)c1ccccc1. The number of carbonyl (C=O) groups is 3. The summed E-state index contributed by atoms with van der Waals surface area (Å²) in [5.41, 5.74) is 0.271. The molecule has 2 atom stereocenters. The van der Waals surface area contributed by atoms with Gasteiger partial charge in [0.1, 0.15) is 16.8 Å². The van der Waals surface area contributed by atoms with Crippen LogP contribution in [0.5, 0.6) is 0 Å². The van der Waals surface area contributed by atoms with Crippen molar-refractivity contribution in [2.24, 2.45) is 0 Å². The molecule has 2 aromatic rings. The Morgan fingerprint density at radius 1 is 1.06 bits per heavy atom. The number of sulfonamides is 1. The second-order valence-corrected chi connectivity index (χ2v) is 9.35. The van der Waals surface area contributed by atoms with Gasteiger partial charge in [0.05, 0.1) is 0 Å².